The number of nitrogen functional groups attached to an aromatic ring is 1. The minimum absolute atomic E-state index is 0.158. The van der Waals surface area contributed by atoms with E-state index < -0.39 is 0 Å². The molecule has 0 unspecified atom stereocenters. The summed E-state index contributed by atoms with van der Waals surface area (Å²) in [6, 6.07) is 34.0. The van der Waals surface area contributed by atoms with Crippen LogP contribution in [0.4, 0.5) is 5.69 Å². The van der Waals surface area contributed by atoms with Crippen LogP contribution in [0.3, 0.4) is 0 Å². The summed E-state index contributed by atoms with van der Waals surface area (Å²) in [6.45, 7) is 0. The largest absolute Gasteiger partial charge is 0.397 e. The van der Waals surface area contributed by atoms with Gasteiger partial charge in [-0.15, -0.1) is 0 Å². The Morgan fingerprint density at radius 1 is 0.500 bits per heavy atom. The highest BCUT2D eigenvalue weighted by Gasteiger charge is 2.39. The molecule has 0 spiro atoms. The Labute approximate surface area is 196 Å². The zero-order valence-corrected chi connectivity index (χ0v) is 18.2. The summed E-state index contributed by atoms with van der Waals surface area (Å²) in [5.41, 5.74) is 12.4. The van der Waals surface area contributed by atoms with Crippen molar-refractivity contribution in [2.24, 2.45) is 0 Å². The molecular formula is C30H20N2O2. The molecule has 0 saturated heterocycles. The number of benzene rings is 4. The molecule has 1 aromatic heterocycles. The third-order valence-electron chi connectivity index (χ3n) is 6.31. The average molecular weight is 441 g/mol. The molecule has 4 heteroatoms. The van der Waals surface area contributed by atoms with E-state index in [1.54, 1.807) is 24.3 Å². The van der Waals surface area contributed by atoms with Gasteiger partial charge in [0.15, 0.2) is 11.6 Å². The Balaban J connectivity index is 1.84. The summed E-state index contributed by atoms with van der Waals surface area (Å²) in [4.78, 5) is 27.9. The van der Waals surface area contributed by atoms with Crippen LogP contribution in [0.5, 0.6) is 0 Å². The van der Waals surface area contributed by atoms with Gasteiger partial charge >= 0.3 is 0 Å². The molecular weight excluding hydrogens is 420 g/mol. The van der Waals surface area contributed by atoms with Gasteiger partial charge in [-0.05, 0) is 23.3 Å². The second-order valence-corrected chi connectivity index (χ2v) is 8.28. The normalized spacial score (nSPS) is 12.4. The lowest BCUT2D eigenvalue weighted by molar-refractivity contribution is 0.0981. The van der Waals surface area contributed by atoms with Crippen LogP contribution in [0.1, 0.15) is 31.8 Å². The van der Waals surface area contributed by atoms with Gasteiger partial charge in [0.05, 0.1) is 33.9 Å². The molecule has 4 nitrogen and oxygen atoms in total. The van der Waals surface area contributed by atoms with Gasteiger partial charge in [-0.2, -0.15) is 0 Å². The molecule has 34 heavy (non-hydrogen) atoms. The second kappa shape index (κ2) is 7.71. The summed E-state index contributed by atoms with van der Waals surface area (Å²) in [7, 11) is 0. The van der Waals surface area contributed by atoms with Gasteiger partial charge in [0.1, 0.15) is 0 Å². The van der Waals surface area contributed by atoms with Crippen LogP contribution in [0.15, 0.2) is 109 Å². The fourth-order valence-corrected chi connectivity index (χ4v) is 4.83. The number of anilines is 1. The summed E-state index contributed by atoms with van der Waals surface area (Å²) >= 11 is 0. The van der Waals surface area contributed by atoms with Crippen LogP contribution >= 0.6 is 0 Å². The lowest BCUT2D eigenvalue weighted by Gasteiger charge is -2.17. The standard InChI is InChI=1S/C30H20N2O2/c31-23-17-9-10-18-24(23)32-27(19-11-3-1-4-12-19)25-26(28(32)20-13-5-2-6-14-20)30(34)22-16-8-7-15-21(22)29(25)33/h1-18H,31H2. The van der Waals surface area contributed by atoms with Gasteiger partial charge in [0.2, 0.25) is 0 Å². The number of nitrogens with two attached hydrogens (primary N) is 1. The van der Waals surface area contributed by atoms with Crippen molar-refractivity contribution in [2.45, 2.75) is 0 Å². The molecule has 0 fully saturated rings. The van der Waals surface area contributed by atoms with E-state index in [0.717, 1.165) is 16.8 Å². The molecule has 0 amide bonds. The molecule has 0 saturated carbocycles. The Bertz CT molecular complexity index is 1490. The maximum absolute atomic E-state index is 14.0. The Morgan fingerprint density at radius 3 is 1.38 bits per heavy atom. The number of hydrogen-bond donors (Lipinski definition) is 1. The van der Waals surface area contributed by atoms with E-state index in [1.165, 1.54) is 0 Å². The number of rotatable bonds is 3. The number of fused-ring (bicyclic) bond motifs is 2. The van der Waals surface area contributed by atoms with Gasteiger partial charge in [-0.3, -0.25) is 9.59 Å². The smallest absolute Gasteiger partial charge is 0.196 e. The molecule has 5 aromatic rings. The lowest BCUT2D eigenvalue weighted by Crippen LogP contribution is -2.20. The first kappa shape index (κ1) is 19.9. The number of para-hydroxylation sites is 2. The van der Waals surface area contributed by atoms with Crippen molar-refractivity contribution in [2.75, 3.05) is 5.73 Å². The van der Waals surface area contributed by atoms with E-state index in [9.17, 15) is 9.59 Å². The third-order valence-corrected chi connectivity index (χ3v) is 6.31. The van der Waals surface area contributed by atoms with Gasteiger partial charge < -0.3 is 10.3 Å². The third kappa shape index (κ3) is 2.86. The molecule has 2 N–H and O–H groups in total. The molecule has 162 valence electrons. The van der Waals surface area contributed by atoms with Crippen LogP contribution in [0, 0.1) is 0 Å². The number of nitrogens with zero attached hydrogens (tertiary/aromatic N) is 1. The predicted octanol–water partition coefficient (Wildman–Crippen LogP) is 6.17. The van der Waals surface area contributed by atoms with Crippen molar-refractivity contribution in [3.05, 3.63) is 131 Å². The fourth-order valence-electron chi connectivity index (χ4n) is 4.83. The van der Waals surface area contributed by atoms with Crippen LogP contribution in [0.2, 0.25) is 0 Å². The average Bonchev–Trinajstić information content (AvgIpc) is 3.25. The van der Waals surface area contributed by atoms with E-state index in [1.807, 2.05) is 89.5 Å². The van der Waals surface area contributed by atoms with Gasteiger partial charge in [-0.25, -0.2) is 0 Å². The first-order valence-corrected chi connectivity index (χ1v) is 11.1. The van der Waals surface area contributed by atoms with Crippen LogP contribution in [-0.4, -0.2) is 16.1 Å². The quantitative estimate of drug-likeness (QED) is 0.335. The summed E-state index contributed by atoms with van der Waals surface area (Å²) < 4.78 is 1.98. The molecule has 1 aliphatic carbocycles. The van der Waals surface area contributed by atoms with Crippen molar-refractivity contribution in [3.8, 4) is 28.2 Å². The molecule has 0 aliphatic heterocycles. The minimum atomic E-state index is -0.158. The summed E-state index contributed by atoms with van der Waals surface area (Å²) in [6.07, 6.45) is 0. The maximum Gasteiger partial charge on any atom is 0.196 e. The van der Waals surface area contributed by atoms with Gasteiger partial charge in [-0.1, -0.05) is 97.1 Å². The van der Waals surface area contributed by atoms with E-state index >= 15 is 0 Å². The highest BCUT2D eigenvalue weighted by molar-refractivity contribution is 6.32. The van der Waals surface area contributed by atoms with Crippen molar-refractivity contribution < 1.29 is 9.59 Å². The van der Waals surface area contributed by atoms with E-state index in [0.29, 0.717) is 39.3 Å². The zero-order valence-electron chi connectivity index (χ0n) is 18.2. The number of aromatic nitrogens is 1. The van der Waals surface area contributed by atoms with Gasteiger partial charge in [0, 0.05) is 11.1 Å². The number of hydrogen-bond acceptors (Lipinski definition) is 3. The molecule has 0 radical (unpaired) electrons. The zero-order chi connectivity index (χ0) is 23.2. The van der Waals surface area contributed by atoms with Crippen LogP contribution < -0.4 is 5.73 Å². The van der Waals surface area contributed by atoms with Crippen molar-refractivity contribution in [1.82, 2.24) is 4.57 Å². The Kier molecular flexibility index (Phi) is 4.52. The molecule has 1 heterocycles. The highest BCUT2D eigenvalue weighted by atomic mass is 16.1. The van der Waals surface area contributed by atoms with Crippen molar-refractivity contribution in [1.29, 1.82) is 0 Å². The minimum Gasteiger partial charge on any atom is -0.397 e. The predicted molar refractivity (Wildman–Crippen MR) is 134 cm³/mol. The molecule has 6 rings (SSSR count). The molecule has 0 atom stereocenters. The topological polar surface area (TPSA) is 65.1 Å². The van der Waals surface area contributed by atoms with Gasteiger partial charge in [0.25, 0.3) is 0 Å². The highest BCUT2D eigenvalue weighted by Crippen LogP contribution is 2.45. The van der Waals surface area contributed by atoms with Crippen LogP contribution in [-0.2, 0) is 0 Å². The Hall–Kier alpha value is -4.70. The summed E-state index contributed by atoms with van der Waals surface area (Å²) in [5, 5.41) is 0. The SMILES string of the molecule is Nc1ccccc1-n1c(-c2ccccc2)c2c(c1-c1ccccc1)C(=O)c1ccccc1C2=O. The van der Waals surface area contributed by atoms with Crippen molar-refractivity contribution in [3.63, 3.8) is 0 Å². The Morgan fingerprint density at radius 2 is 0.912 bits per heavy atom. The summed E-state index contributed by atoms with van der Waals surface area (Å²) in [5.74, 6) is -0.316. The second-order valence-electron chi connectivity index (χ2n) is 8.28. The van der Waals surface area contributed by atoms with E-state index in [4.69, 9.17) is 5.73 Å². The fraction of sp³-hybridized carbons (Fsp3) is 0. The number of carbonyl (C=O) groups excluding carboxylic acids is 2. The van der Waals surface area contributed by atoms with E-state index in [-0.39, 0.29) is 11.6 Å². The molecule has 1 aliphatic rings. The van der Waals surface area contributed by atoms with Crippen molar-refractivity contribution >= 4 is 17.3 Å². The number of carbonyl (C=O) groups is 2. The lowest BCUT2D eigenvalue weighted by atomic mass is 9.83. The number of ketones is 2. The maximum atomic E-state index is 14.0. The monoisotopic (exact) mass is 440 g/mol. The first-order valence-electron chi connectivity index (χ1n) is 11.1. The molecule has 4 aromatic carbocycles. The van der Waals surface area contributed by atoms with E-state index in [2.05, 4.69) is 0 Å². The molecule has 0 bridgehead atoms. The first-order chi connectivity index (χ1) is 16.7. The van der Waals surface area contributed by atoms with Crippen LogP contribution in [0.25, 0.3) is 28.2 Å².